The van der Waals surface area contributed by atoms with Crippen molar-refractivity contribution in [1.82, 2.24) is 10.1 Å². The fourth-order valence-corrected chi connectivity index (χ4v) is 2.72. The Bertz CT molecular complexity index is 1070. The standard InChI is InChI=1S/C17H10ClN3O7/c18-12-5-10(6-13-15(12)27-8-26-13)17(22)25-7-14-19-16(20-28-14)9-1-3-11(4-2-9)21(23)24/h1-6H,7-8H2. The second kappa shape index (κ2) is 7.16. The van der Waals surface area contributed by atoms with E-state index in [2.05, 4.69) is 10.1 Å². The van der Waals surface area contributed by atoms with Gasteiger partial charge in [0.25, 0.3) is 11.6 Å². The predicted molar refractivity (Wildman–Crippen MR) is 93.1 cm³/mol. The summed E-state index contributed by atoms with van der Waals surface area (Å²) in [5.74, 6) is 0.358. The van der Waals surface area contributed by atoms with Gasteiger partial charge in [0, 0.05) is 17.7 Å². The minimum Gasteiger partial charge on any atom is -0.454 e. The molecule has 0 amide bonds. The van der Waals surface area contributed by atoms with Gasteiger partial charge in [-0.3, -0.25) is 10.1 Å². The molecule has 0 fully saturated rings. The normalized spacial score (nSPS) is 12.0. The van der Waals surface area contributed by atoms with Gasteiger partial charge < -0.3 is 18.7 Å². The van der Waals surface area contributed by atoms with Crippen LogP contribution >= 0.6 is 11.6 Å². The Balaban J connectivity index is 1.42. The van der Waals surface area contributed by atoms with Crippen LogP contribution in [0.2, 0.25) is 5.02 Å². The first-order valence-corrected chi connectivity index (χ1v) is 8.23. The van der Waals surface area contributed by atoms with E-state index < -0.39 is 10.9 Å². The van der Waals surface area contributed by atoms with Crippen LogP contribution in [0.5, 0.6) is 11.5 Å². The Labute approximate surface area is 161 Å². The van der Waals surface area contributed by atoms with E-state index in [1.54, 1.807) is 0 Å². The third kappa shape index (κ3) is 3.45. The third-order valence-electron chi connectivity index (χ3n) is 3.79. The Morgan fingerprint density at radius 3 is 2.79 bits per heavy atom. The lowest BCUT2D eigenvalue weighted by Crippen LogP contribution is -2.05. The largest absolute Gasteiger partial charge is 0.454 e. The highest BCUT2D eigenvalue weighted by molar-refractivity contribution is 6.32. The number of esters is 1. The van der Waals surface area contributed by atoms with E-state index in [4.69, 9.17) is 30.3 Å². The highest BCUT2D eigenvalue weighted by atomic mass is 35.5. The molecular weight excluding hydrogens is 394 g/mol. The summed E-state index contributed by atoms with van der Waals surface area (Å²) in [6, 6.07) is 8.52. The first-order valence-electron chi connectivity index (χ1n) is 7.85. The number of nitro benzene ring substituents is 1. The average molecular weight is 404 g/mol. The van der Waals surface area contributed by atoms with Crippen molar-refractivity contribution < 1.29 is 28.5 Å². The summed E-state index contributed by atoms with van der Waals surface area (Å²) in [7, 11) is 0. The molecule has 0 bridgehead atoms. The highest BCUT2D eigenvalue weighted by Gasteiger charge is 2.22. The molecule has 0 radical (unpaired) electrons. The van der Waals surface area contributed by atoms with E-state index in [1.165, 1.54) is 36.4 Å². The van der Waals surface area contributed by atoms with Crippen LogP contribution in [0.25, 0.3) is 11.4 Å². The van der Waals surface area contributed by atoms with Gasteiger partial charge in [0.05, 0.1) is 15.5 Å². The molecule has 2 heterocycles. The van der Waals surface area contributed by atoms with Crippen molar-refractivity contribution in [3.05, 3.63) is 63.0 Å². The molecular formula is C17H10ClN3O7. The molecule has 2 aromatic carbocycles. The zero-order valence-electron chi connectivity index (χ0n) is 14.0. The number of carbonyl (C=O) groups excluding carboxylic acids is 1. The molecule has 10 nitrogen and oxygen atoms in total. The molecule has 4 rings (SSSR count). The van der Waals surface area contributed by atoms with Gasteiger partial charge in [0.15, 0.2) is 18.1 Å². The van der Waals surface area contributed by atoms with Crippen molar-refractivity contribution in [2.75, 3.05) is 6.79 Å². The highest BCUT2D eigenvalue weighted by Crippen LogP contribution is 2.39. The molecule has 0 N–H and O–H groups in total. The lowest BCUT2D eigenvalue weighted by molar-refractivity contribution is -0.384. The van der Waals surface area contributed by atoms with E-state index in [1.807, 2.05) is 0 Å². The van der Waals surface area contributed by atoms with Crippen LogP contribution in [0, 0.1) is 10.1 Å². The van der Waals surface area contributed by atoms with Gasteiger partial charge in [-0.15, -0.1) is 0 Å². The molecule has 0 spiro atoms. The molecule has 0 unspecified atom stereocenters. The van der Waals surface area contributed by atoms with E-state index in [-0.39, 0.29) is 41.4 Å². The number of rotatable bonds is 5. The van der Waals surface area contributed by atoms with E-state index in [0.29, 0.717) is 17.1 Å². The molecule has 11 heteroatoms. The van der Waals surface area contributed by atoms with E-state index >= 15 is 0 Å². The van der Waals surface area contributed by atoms with Gasteiger partial charge in [-0.25, -0.2) is 4.79 Å². The molecule has 1 aliphatic rings. The van der Waals surface area contributed by atoms with Gasteiger partial charge in [0.2, 0.25) is 12.6 Å². The monoisotopic (exact) mass is 403 g/mol. The zero-order valence-corrected chi connectivity index (χ0v) is 14.7. The van der Waals surface area contributed by atoms with Crippen LogP contribution in [0.3, 0.4) is 0 Å². The summed E-state index contributed by atoms with van der Waals surface area (Å²) in [6.07, 6.45) is 0. The smallest absolute Gasteiger partial charge is 0.338 e. The summed E-state index contributed by atoms with van der Waals surface area (Å²) in [6.45, 7) is -0.230. The number of nitrogens with zero attached hydrogens (tertiary/aromatic N) is 3. The average Bonchev–Trinajstić information content (AvgIpc) is 3.35. The van der Waals surface area contributed by atoms with Gasteiger partial charge in [-0.05, 0) is 24.3 Å². The summed E-state index contributed by atoms with van der Waals surface area (Å²) < 4.78 is 20.6. The van der Waals surface area contributed by atoms with Gasteiger partial charge in [-0.1, -0.05) is 16.8 Å². The quantitative estimate of drug-likeness (QED) is 0.357. The number of carbonyl (C=O) groups is 1. The van der Waals surface area contributed by atoms with Crippen LogP contribution < -0.4 is 9.47 Å². The SMILES string of the molecule is O=C(OCc1nc(-c2ccc([N+](=O)[O-])cc2)no1)c1cc(Cl)c2c(c1)OCO2. The number of hydrogen-bond donors (Lipinski definition) is 0. The van der Waals surface area contributed by atoms with Crippen LogP contribution in [0.4, 0.5) is 5.69 Å². The number of fused-ring (bicyclic) bond motifs is 1. The Hall–Kier alpha value is -3.66. The number of ether oxygens (including phenoxy) is 3. The van der Waals surface area contributed by atoms with Crippen molar-refractivity contribution in [2.45, 2.75) is 6.61 Å². The van der Waals surface area contributed by atoms with E-state index in [0.717, 1.165) is 0 Å². The number of nitro groups is 1. The van der Waals surface area contributed by atoms with Crippen LogP contribution in [-0.4, -0.2) is 27.8 Å². The predicted octanol–water partition coefficient (Wildman–Crippen LogP) is 3.38. The van der Waals surface area contributed by atoms with Crippen LogP contribution in [-0.2, 0) is 11.3 Å². The number of halogens is 1. The van der Waals surface area contributed by atoms with E-state index in [9.17, 15) is 14.9 Å². The number of non-ortho nitro benzene ring substituents is 1. The first-order chi connectivity index (χ1) is 13.5. The molecule has 142 valence electrons. The maximum atomic E-state index is 12.2. The molecule has 3 aromatic rings. The maximum Gasteiger partial charge on any atom is 0.338 e. The Morgan fingerprint density at radius 1 is 1.25 bits per heavy atom. The number of aromatic nitrogens is 2. The zero-order chi connectivity index (χ0) is 19.7. The summed E-state index contributed by atoms with van der Waals surface area (Å²) in [5, 5.41) is 14.7. The van der Waals surface area contributed by atoms with Crippen LogP contribution in [0.15, 0.2) is 40.9 Å². The van der Waals surface area contributed by atoms with Crippen molar-refractivity contribution in [2.24, 2.45) is 0 Å². The maximum absolute atomic E-state index is 12.2. The fraction of sp³-hybridized carbons (Fsp3) is 0.118. The molecule has 0 aliphatic carbocycles. The summed E-state index contributed by atoms with van der Waals surface area (Å²) >= 11 is 6.04. The number of hydrogen-bond acceptors (Lipinski definition) is 9. The molecule has 0 saturated heterocycles. The molecule has 1 aromatic heterocycles. The Kier molecular flexibility index (Phi) is 4.53. The lowest BCUT2D eigenvalue weighted by Gasteiger charge is -2.04. The third-order valence-corrected chi connectivity index (χ3v) is 4.07. The fourth-order valence-electron chi connectivity index (χ4n) is 2.46. The minimum atomic E-state index is -0.657. The molecule has 1 aliphatic heterocycles. The second-order valence-electron chi connectivity index (χ2n) is 5.58. The van der Waals surface area contributed by atoms with Crippen LogP contribution in [0.1, 0.15) is 16.2 Å². The Morgan fingerprint density at radius 2 is 2.04 bits per heavy atom. The van der Waals surface area contributed by atoms with Gasteiger partial charge >= 0.3 is 5.97 Å². The van der Waals surface area contributed by atoms with Gasteiger partial charge in [0.1, 0.15) is 0 Å². The second-order valence-corrected chi connectivity index (χ2v) is 5.99. The molecule has 0 atom stereocenters. The summed E-state index contributed by atoms with van der Waals surface area (Å²) in [4.78, 5) is 26.5. The molecule has 28 heavy (non-hydrogen) atoms. The van der Waals surface area contributed by atoms with Crippen molar-refractivity contribution in [3.8, 4) is 22.9 Å². The minimum absolute atomic E-state index is 0.0287. The topological polar surface area (TPSA) is 127 Å². The lowest BCUT2D eigenvalue weighted by atomic mass is 10.2. The van der Waals surface area contributed by atoms with Crippen molar-refractivity contribution >= 4 is 23.3 Å². The first kappa shape index (κ1) is 17.7. The van der Waals surface area contributed by atoms with Gasteiger partial charge in [-0.2, -0.15) is 4.98 Å². The number of benzene rings is 2. The summed E-state index contributed by atoms with van der Waals surface area (Å²) in [5.41, 5.74) is 0.655. The van der Waals surface area contributed by atoms with Crippen molar-refractivity contribution in [1.29, 1.82) is 0 Å². The molecule has 0 saturated carbocycles. The van der Waals surface area contributed by atoms with Crippen molar-refractivity contribution in [3.63, 3.8) is 0 Å².